The SMILES string of the molecule is CC(C)(C)OC(=O)NC(Cc1ccc(OCCOCCOCCOCCNC(=O)c2ccc(C#N)s2)cc1)C(=O)O. The molecule has 1 heterocycles. The summed E-state index contributed by atoms with van der Waals surface area (Å²) in [4.78, 5) is 36.4. The molecule has 0 saturated carbocycles. The van der Waals surface area contributed by atoms with Gasteiger partial charge in [0, 0.05) is 13.0 Å². The topological polar surface area (TPSA) is 165 Å². The Hall–Kier alpha value is -3.70. The van der Waals surface area contributed by atoms with Crippen LogP contribution in [0.4, 0.5) is 4.79 Å². The zero-order valence-electron chi connectivity index (χ0n) is 23.5. The van der Waals surface area contributed by atoms with E-state index in [2.05, 4.69) is 10.6 Å². The van der Waals surface area contributed by atoms with Crippen LogP contribution in [-0.4, -0.2) is 87.5 Å². The highest BCUT2D eigenvalue weighted by Crippen LogP contribution is 2.15. The van der Waals surface area contributed by atoms with Crippen LogP contribution in [0.2, 0.25) is 0 Å². The first-order chi connectivity index (χ1) is 19.6. The van der Waals surface area contributed by atoms with Gasteiger partial charge in [-0.25, -0.2) is 9.59 Å². The Morgan fingerprint density at radius 1 is 0.927 bits per heavy atom. The average Bonchev–Trinajstić information content (AvgIpc) is 3.40. The van der Waals surface area contributed by atoms with Crippen molar-refractivity contribution < 1.29 is 43.2 Å². The number of aliphatic carboxylic acids is 1. The molecule has 12 nitrogen and oxygen atoms in total. The van der Waals surface area contributed by atoms with Crippen molar-refractivity contribution in [3.63, 3.8) is 0 Å². The summed E-state index contributed by atoms with van der Waals surface area (Å²) in [6.07, 6.45) is -0.686. The molecule has 1 atom stereocenters. The number of benzene rings is 1. The van der Waals surface area contributed by atoms with Gasteiger partial charge in [0.1, 0.15) is 34.9 Å². The third-order valence-electron chi connectivity index (χ3n) is 5.06. The van der Waals surface area contributed by atoms with Gasteiger partial charge in [0.05, 0.1) is 44.5 Å². The Bertz CT molecular complexity index is 1140. The van der Waals surface area contributed by atoms with E-state index in [1.54, 1.807) is 57.2 Å². The van der Waals surface area contributed by atoms with Crippen molar-refractivity contribution in [1.82, 2.24) is 10.6 Å². The number of nitrogens with one attached hydrogen (secondary N) is 2. The minimum atomic E-state index is -1.16. The summed E-state index contributed by atoms with van der Waals surface area (Å²) in [5, 5.41) is 23.3. The van der Waals surface area contributed by atoms with Crippen molar-refractivity contribution in [2.24, 2.45) is 0 Å². The highest BCUT2D eigenvalue weighted by molar-refractivity contribution is 7.14. The zero-order chi connectivity index (χ0) is 30.1. The second-order valence-corrected chi connectivity index (χ2v) is 10.7. The van der Waals surface area contributed by atoms with Crippen molar-refractivity contribution in [1.29, 1.82) is 5.26 Å². The van der Waals surface area contributed by atoms with E-state index in [1.165, 1.54) is 0 Å². The number of carboxylic acid groups (broad SMARTS) is 1. The van der Waals surface area contributed by atoms with Gasteiger partial charge in [-0.3, -0.25) is 4.79 Å². The van der Waals surface area contributed by atoms with E-state index in [0.717, 1.165) is 16.9 Å². The number of rotatable bonds is 18. The van der Waals surface area contributed by atoms with E-state index in [9.17, 15) is 19.5 Å². The number of carbonyl (C=O) groups is 3. The molecule has 0 fully saturated rings. The lowest BCUT2D eigenvalue weighted by Gasteiger charge is -2.22. The van der Waals surface area contributed by atoms with Gasteiger partial charge >= 0.3 is 12.1 Å². The minimum absolute atomic E-state index is 0.0973. The molecule has 2 rings (SSSR count). The lowest BCUT2D eigenvalue weighted by atomic mass is 10.1. The third-order valence-corrected chi connectivity index (χ3v) is 6.05. The predicted molar refractivity (Wildman–Crippen MR) is 150 cm³/mol. The molecule has 1 aromatic heterocycles. The summed E-state index contributed by atoms with van der Waals surface area (Å²) in [6.45, 7) is 8.08. The van der Waals surface area contributed by atoms with E-state index in [4.69, 9.17) is 28.9 Å². The molecule has 2 aromatic rings. The third kappa shape index (κ3) is 14.5. The average molecular weight is 592 g/mol. The Morgan fingerprint density at radius 2 is 1.54 bits per heavy atom. The minimum Gasteiger partial charge on any atom is -0.491 e. The number of hydrogen-bond acceptors (Lipinski definition) is 10. The highest BCUT2D eigenvalue weighted by Gasteiger charge is 2.24. The molecule has 2 amide bonds. The van der Waals surface area contributed by atoms with Crippen LogP contribution < -0.4 is 15.4 Å². The van der Waals surface area contributed by atoms with Gasteiger partial charge < -0.3 is 39.4 Å². The lowest BCUT2D eigenvalue weighted by Crippen LogP contribution is -2.44. The van der Waals surface area contributed by atoms with Gasteiger partial charge in [0.25, 0.3) is 5.91 Å². The molecule has 224 valence electrons. The fourth-order valence-electron chi connectivity index (χ4n) is 3.21. The molecule has 3 N–H and O–H groups in total. The van der Waals surface area contributed by atoms with Gasteiger partial charge in [-0.05, 0) is 50.6 Å². The smallest absolute Gasteiger partial charge is 0.408 e. The van der Waals surface area contributed by atoms with Gasteiger partial charge in [-0.2, -0.15) is 5.26 Å². The summed E-state index contributed by atoms with van der Waals surface area (Å²) in [7, 11) is 0. The molecule has 0 spiro atoms. The summed E-state index contributed by atoms with van der Waals surface area (Å²) in [5.41, 5.74) is -0.00575. The van der Waals surface area contributed by atoms with Crippen LogP contribution in [0.25, 0.3) is 0 Å². The molecule has 0 radical (unpaired) electrons. The second-order valence-electron chi connectivity index (χ2n) is 9.60. The molecule has 0 saturated heterocycles. The Morgan fingerprint density at radius 3 is 2.10 bits per heavy atom. The molecule has 1 unspecified atom stereocenters. The van der Waals surface area contributed by atoms with Crippen molar-refractivity contribution in [2.45, 2.75) is 38.8 Å². The van der Waals surface area contributed by atoms with Crippen molar-refractivity contribution in [2.75, 3.05) is 52.8 Å². The molecule has 13 heteroatoms. The monoisotopic (exact) mass is 591 g/mol. The Labute approximate surface area is 243 Å². The first-order valence-corrected chi connectivity index (χ1v) is 13.8. The summed E-state index contributed by atoms with van der Waals surface area (Å²) >= 11 is 1.15. The van der Waals surface area contributed by atoms with Crippen LogP contribution in [0, 0.1) is 11.3 Å². The largest absolute Gasteiger partial charge is 0.491 e. The summed E-state index contributed by atoms with van der Waals surface area (Å²) < 4.78 is 27.1. The predicted octanol–water partition coefficient (Wildman–Crippen LogP) is 3.00. The number of nitrogens with zero attached hydrogens (tertiary/aromatic N) is 1. The number of alkyl carbamates (subject to hydrolysis) is 1. The lowest BCUT2D eigenvalue weighted by molar-refractivity contribution is -0.139. The molecule has 0 aliphatic carbocycles. The normalized spacial score (nSPS) is 11.8. The molecule has 0 aliphatic rings. The van der Waals surface area contributed by atoms with Crippen LogP contribution in [0.1, 0.15) is 40.9 Å². The van der Waals surface area contributed by atoms with Crippen LogP contribution in [0.5, 0.6) is 5.75 Å². The molecular weight excluding hydrogens is 554 g/mol. The number of ether oxygens (including phenoxy) is 5. The maximum atomic E-state index is 11.9. The maximum absolute atomic E-state index is 11.9. The van der Waals surface area contributed by atoms with Crippen LogP contribution >= 0.6 is 11.3 Å². The zero-order valence-corrected chi connectivity index (χ0v) is 24.3. The number of hydrogen-bond donors (Lipinski definition) is 3. The van der Waals surface area contributed by atoms with E-state index >= 15 is 0 Å². The molecule has 0 bridgehead atoms. The van der Waals surface area contributed by atoms with Gasteiger partial charge in [-0.15, -0.1) is 11.3 Å². The van der Waals surface area contributed by atoms with Crippen LogP contribution in [-0.2, 0) is 30.2 Å². The van der Waals surface area contributed by atoms with E-state index in [-0.39, 0.29) is 12.3 Å². The molecule has 0 aliphatic heterocycles. The first-order valence-electron chi connectivity index (χ1n) is 13.0. The van der Waals surface area contributed by atoms with E-state index in [0.29, 0.717) is 68.3 Å². The Balaban J connectivity index is 1.48. The van der Waals surface area contributed by atoms with Gasteiger partial charge in [-0.1, -0.05) is 12.1 Å². The van der Waals surface area contributed by atoms with Crippen molar-refractivity contribution in [3.05, 3.63) is 51.7 Å². The van der Waals surface area contributed by atoms with Crippen molar-refractivity contribution in [3.8, 4) is 11.8 Å². The number of carboxylic acids is 1. The number of nitriles is 1. The first kappa shape index (κ1) is 33.5. The summed E-state index contributed by atoms with van der Waals surface area (Å²) in [6, 6.07) is 11.0. The molecule has 41 heavy (non-hydrogen) atoms. The second kappa shape index (κ2) is 17.9. The van der Waals surface area contributed by atoms with Gasteiger partial charge in [0.2, 0.25) is 0 Å². The Kier molecular flexibility index (Phi) is 14.6. The van der Waals surface area contributed by atoms with E-state index < -0.39 is 23.7 Å². The van der Waals surface area contributed by atoms with Crippen LogP contribution in [0.15, 0.2) is 36.4 Å². The quantitative estimate of drug-likeness (QED) is 0.219. The molecule has 1 aromatic carbocycles. The standard InChI is InChI=1S/C28H37N3O9S/c1-28(2,3)40-27(35)31-23(26(33)34)18-20-4-6-21(7-5-20)39-17-16-38-15-14-37-13-12-36-11-10-30-25(32)24-9-8-22(19-29)41-24/h4-9,23H,10-18H2,1-3H3,(H,30,32)(H,31,35)(H,33,34). The number of carbonyl (C=O) groups excluding carboxylic acids is 2. The van der Waals surface area contributed by atoms with Crippen LogP contribution in [0.3, 0.4) is 0 Å². The fourth-order valence-corrected chi connectivity index (χ4v) is 3.93. The van der Waals surface area contributed by atoms with Gasteiger partial charge in [0.15, 0.2) is 0 Å². The van der Waals surface area contributed by atoms with Crippen molar-refractivity contribution >= 4 is 29.3 Å². The highest BCUT2D eigenvalue weighted by atomic mass is 32.1. The summed E-state index contributed by atoms with van der Waals surface area (Å²) in [5.74, 6) is -0.776. The number of amides is 2. The fraction of sp³-hybridized carbons (Fsp3) is 0.500. The van der Waals surface area contributed by atoms with E-state index in [1.807, 2.05) is 6.07 Å². The number of thiophene rings is 1. The maximum Gasteiger partial charge on any atom is 0.408 e. The molecular formula is C28H37N3O9S.